The van der Waals surface area contributed by atoms with E-state index in [1.54, 1.807) is 0 Å². The van der Waals surface area contributed by atoms with Crippen LogP contribution in [-0.2, 0) is 4.79 Å². The third-order valence-electron chi connectivity index (χ3n) is 3.97. The molecule has 0 radical (unpaired) electrons. The number of hydrogen-bond acceptors (Lipinski definition) is 2. The average molecular weight is 303 g/mol. The summed E-state index contributed by atoms with van der Waals surface area (Å²) in [5.41, 5.74) is 0.707. The molecule has 1 aromatic carbocycles. The van der Waals surface area contributed by atoms with E-state index in [0.717, 1.165) is 12.8 Å². The molecule has 1 aliphatic rings. The van der Waals surface area contributed by atoms with Gasteiger partial charge in [0.05, 0.1) is 0 Å². The van der Waals surface area contributed by atoms with Crippen LogP contribution in [0, 0.1) is 5.92 Å². The first-order chi connectivity index (χ1) is 10.6. The molecule has 1 aliphatic carbocycles. The highest BCUT2D eigenvalue weighted by atomic mass is 16.2. The number of hydrogen-bond donors (Lipinski definition) is 3. The molecule has 2 rings (SSSR count). The fourth-order valence-corrected chi connectivity index (χ4v) is 2.73. The highest BCUT2D eigenvalue weighted by Gasteiger charge is 2.27. The van der Waals surface area contributed by atoms with Gasteiger partial charge >= 0.3 is 6.03 Å². The topological polar surface area (TPSA) is 70.2 Å². The van der Waals surface area contributed by atoms with Gasteiger partial charge < -0.3 is 16.0 Å². The molecule has 1 aromatic rings. The van der Waals surface area contributed by atoms with E-state index in [9.17, 15) is 9.59 Å². The summed E-state index contributed by atoms with van der Waals surface area (Å²) in [4.78, 5) is 24.4. The number of rotatable bonds is 5. The molecule has 1 fully saturated rings. The van der Waals surface area contributed by atoms with Crippen molar-refractivity contribution in [3.8, 4) is 0 Å². The second-order valence-electron chi connectivity index (χ2n) is 6.18. The second-order valence-corrected chi connectivity index (χ2v) is 6.18. The van der Waals surface area contributed by atoms with Crippen molar-refractivity contribution in [2.24, 2.45) is 5.92 Å². The monoisotopic (exact) mass is 303 g/mol. The molecule has 3 amide bonds. The minimum atomic E-state index is -0.524. The zero-order chi connectivity index (χ0) is 15.9. The zero-order valence-corrected chi connectivity index (χ0v) is 13.3. The molecule has 3 N–H and O–H groups in total. The number of benzene rings is 1. The van der Waals surface area contributed by atoms with Crippen molar-refractivity contribution in [2.45, 2.75) is 51.6 Å². The van der Waals surface area contributed by atoms with E-state index in [4.69, 9.17) is 0 Å². The van der Waals surface area contributed by atoms with Crippen LogP contribution in [0.3, 0.4) is 0 Å². The Labute approximate surface area is 131 Å². The van der Waals surface area contributed by atoms with Crippen LogP contribution in [0.4, 0.5) is 10.5 Å². The van der Waals surface area contributed by atoms with E-state index in [1.807, 2.05) is 44.2 Å². The van der Waals surface area contributed by atoms with Gasteiger partial charge in [0.25, 0.3) is 0 Å². The molecule has 1 atom stereocenters. The lowest BCUT2D eigenvalue weighted by molar-refractivity contribution is -0.124. The molecule has 0 aliphatic heterocycles. The Balaban J connectivity index is 1.90. The molecule has 5 nitrogen and oxygen atoms in total. The predicted octanol–water partition coefficient (Wildman–Crippen LogP) is 2.89. The maximum absolute atomic E-state index is 12.4. The molecule has 1 saturated carbocycles. The second kappa shape index (κ2) is 7.82. The summed E-state index contributed by atoms with van der Waals surface area (Å²) in [5.74, 6) is -0.0620. The van der Waals surface area contributed by atoms with E-state index in [-0.39, 0.29) is 23.9 Å². The molecule has 0 spiro atoms. The summed E-state index contributed by atoms with van der Waals surface area (Å²) in [6.07, 6.45) is 4.40. The molecule has 5 heteroatoms. The molecule has 0 heterocycles. The molecule has 1 unspecified atom stereocenters. The SMILES string of the molecule is CC(C)C(NC(=O)Nc1ccccc1)C(=O)NC1CCCC1. The highest BCUT2D eigenvalue weighted by molar-refractivity contribution is 5.93. The highest BCUT2D eigenvalue weighted by Crippen LogP contribution is 2.18. The third kappa shape index (κ3) is 4.76. The zero-order valence-electron chi connectivity index (χ0n) is 13.3. The number of urea groups is 1. The Bertz CT molecular complexity index is 496. The van der Waals surface area contributed by atoms with Gasteiger partial charge in [-0.2, -0.15) is 0 Å². The van der Waals surface area contributed by atoms with Crippen molar-refractivity contribution in [3.63, 3.8) is 0 Å². The molecular formula is C17H25N3O2. The first kappa shape index (κ1) is 16.3. The minimum absolute atomic E-state index is 0.0305. The van der Waals surface area contributed by atoms with Crippen LogP contribution >= 0.6 is 0 Å². The van der Waals surface area contributed by atoms with Crippen molar-refractivity contribution >= 4 is 17.6 Å². The number of nitrogens with one attached hydrogen (secondary N) is 3. The first-order valence-electron chi connectivity index (χ1n) is 7.99. The molecule has 120 valence electrons. The number of para-hydroxylation sites is 1. The van der Waals surface area contributed by atoms with Crippen molar-refractivity contribution in [3.05, 3.63) is 30.3 Å². The van der Waals surface area contributed by atoms with E-state index >= 15 is 0 Å². The average Bonchev–Trinajstić information content (AvgIpc) is 2.98. The van der Waals surface area contributed by atoms with Gasteiger partial charge in [0.15, 0.2) is 0 Å². The molecule has 0 saturated heterocycles. The number of amides is 3. The van der Waals surface area contributed by atoms with Crippen LogP contribution in [0.5, 0.6) is 0 Å². The quantitative estimate of drug-likeness (QED) is 0.783. The lowest BCUT2D eigenvalue weighted by Gasteiger charge is -2.24. The Morgan fingerprint density at radius 2 is 1.73 bits per heavy atom. The predicted molar refractivity (Wildman–Crippen MR) is 87.6 cm³/mol. The summed E-state index contributed by atoms with van der Waals surface area (Å²) in [6, 6.07) is 8.58. The minimum Gasteiger partial charge on any atom is -0.352 e. The van der Waals surface area contributed by atoms with Crippen LogP contribution < -0.4 is 16.0 Å². The summed E-state index contributed by atoms with van der Waals surface area (Å²) in [7, 11) is 0. The van der Waals surface area contributed by atoms with Crippen molar-refractivity contribution in [1.29, 1.82) is 0 Å². The van der Waals surface area contributed by atoms with Gasteiger partial charge in [0, 0.05) is 11.7 Å². The van der Waals surface area contributed by atoms with Crippen molar-refractivity contribution in [1.82, 2.24) is 10.6 Å². The number of carbonyl (C=O) groups excluding carboxylic acids is 2. The van der Waals surface area contributed by atoms with Gasteiger partial charge in [-0.05, 0) is 30.9 Å². The molecule has 0 aromatic heterocycles. The Hall–Kier alpha value is -2.04. The van der Waals surface area contributed by atoms with Crippen LogP contribution in [0.1, 0.15) is 39.5 Å². The van der Waals surface area contributed by atoms with Gasteiger partial charge in [-0.15, -0.1) is 0 Å². The van der Waals surface area contributed by atoms with Crippen LogP contribution in [0.2, 0.25) is 0 Å². The van der Waals surface area contributed by atoms with E-state index in [2.05, 4.69) is 16.0 Å². The summed E-state index contributed by atoms with van der Waals surface area (Å²) < 4.78 is 0. The maximum Gasteiger partial charge on any atom is 0.319 e. The van der Waals surface area contributed by atoms with E-state index in [1.165, 1.54) is 12.8 Å². The van der Waals surface area contributed by atoms with Gasteiger partial charge in [-0.1, -0.05) is 44.9 Å². The fourth-order valence-electron chi connectivity index (χ4n) is 2.73. The molecule has 0 bridgehead atoms. The van der Waals surface area contributed by atoms with Gasteiger partial charge in [-0.3, -0.25) is 4.79 Å². The molecular weight excluding hydrogens is 278 g/mol. The smallest absolute Gasteiger partial charge is 0.319 e. The Morgan fingerprint density at radius 3 is 2.32 bits per heavy atom. The number of anilines is 1. The molecule has 22 heavy (non-hydrogen) atoms. The van der Waals surface area contributed by atoms with Crippen molar-refractivity contribution in [2.75, 3.05) is 5.32 Å². The lowest BCUT2D eigenvalue weighted by Crippen LogP contribution is -2.52. The summed E-state index contributed by atoms with van der Waals surface area (Å²) in [6.45, 7) is 3.86. The van der Waals surface area contributed by atoms with Gasteiger partial charge in [-0.25, -0.2) is 4.79 Å². The number of carbonyl (C=O) groups is 2. The standard InChI is InChI=1S/C17H25N3O2/c1-12(2)15(16(21)18-13-10-6-7-11-13)20-17(22)19-14-8-4-3-5-9-14/h3-5,8-9,12-13,15H,6-7,10-11H2,1-2H3,(H,18,21)(H2,19,20,22). The van der Waals surface area contributed by atoms with Gasteiger partial charge in [0.1, 0.15) is 6.04 Å². The lowest BCUT2D eigenvalue weighted by atomic mass is 10.0. The Kier molecular flexibility index (Phi) is 5.81. The van der Waals surface area contributed by atoms with Crippen LogP contribution in [-0.4, -0.2) is 24.0 Å². The summed E-state index contributed by atoms with van der Waals surface area (Å²) in [5, 5.41) is 8.57. The summed E-state index contributed by atoms with van der Waals surface area (Å²) >= 11 is 0. The van der Waals surface area contributed by atoms with Crippen LogP contribution in [0.15, 0.2) is 30.3 Å². The van der Waals surface area contributed by atoms with E-state index in [0.29, 0.717) is 5.69 Å². The third-order valence-corrected chi connectivity index (χ3v) is 3.97. The van der Waals surface area contributed by atoms with Gasteiger partial charge in [0.2, 0.25) is 5.91 Å². The maximum atomic E-state index is 12.4. The Morgan fingerprint density at radius 1 is 1.09 bits per heavy atom. The van der Waals surface area contributed by atoms with E-state index < -0.39 is 6.04 Å². The largest absolute Gasteiger partial charge is 0.352 e. The fraction of sp³-hybridized carbons (Fsp3) is 0.529. The van der Waals surface area contributed by atoms with Crippen molar-refractivity contribution < 1.29 is 9.59 Å². The normalized spacial score (nSPS) is 16.3. The first-order valence-corrected chi connectivity index (χ1v) is 7.99. The van der Waals surface area contributed by atoms with Crippen LogP contribution in [0.25, 0.3) is 0 Å².